The lowest BCUT2D eigenvalue weighted by atomic mass is 9.97. The Morgan fingerprint density at radius 2 is 2.16 bits per heavy atom. The van der Waals surface area contributed by atoms with Gasteiger partial charge in [-0.05, 0) is 50.9 Å². The second kappa shape index (κ2) is 5.37. The van der Waals surface area contributed by atoms with Crippen molar-refractivity contribution in [3.63, 3.8) is 0 Å². The smallest absolute Gasteiger partial charge is 0.178 e. The summed E-state index contributed by atoms with van der Waals surface area (Å²) in [5.74, 6) is 0.872. The van der Waals surface area contributed by atoms with Crippen molar-refractivity contribution in [2.45, 2.75) is 25.9 Å². The number of fused-ring (bicyclic) bond motifs is 1. The zero-order chi connectivity index (χ0) is 13.2. The number of anilines is 1. The monoisotopic (exact) mass is 264 g/mol. The van der Waals surface area contributed by atoms with Crippen LogP contribution in [0.25, 0.3) is 0 Å². The number of nitrogens with one attached hydrogen (secondary N) is 1. The van der Waals surface area contributed by atoms with E-state index in [9.17, 15) is 4.39 Å². The largest absolute Gasteiger partial charge is 0.484 e. The highest BCUT2D eigenvalue weighted by Gasteiger charge is 2.27. The molecule has 1 aromatic carbocycles. The fourth-order valence-corrected chi connectivity index (χ4v) is 3.06. The van der Waals surface area contributed by atoms with Crippen LogP contribution in [0.1, 0.15) is 19.8 Å². The number of piperidine rings is 1. The maximum absolute atomic E-state index is 13.8. The molecule has 1 atom stereocenters. The van der Waals surface area contributed by atoms with E-state index in [0.717, 1.165) is 31.9 Å². The average Bonchev–Trinajstić information content (AvgIpc) is 2.41. The zero-order valence-corrected chi connectivity index (χ0v) is 11.4. The lowest BCUT2D eigenvalue weighted by Gasteiger charge is -2.38. The van der Waals surface area contributed by atoms with Gasteiger partial charge in [-0.15, -0.1) is 0 Å². The van der Waals surface area contributed by atoms with E-state index in [1.165, 1.54) is 18.9 Å². The summed E-state index contributed by atoms with van der Waals surface area (Å²) in [6.07, 6.45) is 2.46. The van der Waals surface area contributed by atoms with Gasteiger partial charge in [-0.25, -0.2) is 4.39 Å². The lowest BCUT2D eigenvalue weighted by Crippen LogP contribution is -2.43. The van der Waals surface area contributed by atoms with Crippen molar-refractivity contribution >= 4 is 5.69 Å². The summed E-state index contributed by atoms with van der Waals surface area (Å²) < 4.78 is 19.5. The van der Waals surface area contributed by atoms with Gasteiger partial charge in [0, 0.05) is 6.54 Å². The van der Waals surface area contributed by atoms with Crippen LogP contribution in [0.4, 0.5) is 10.1 Å². The minimum atomic E-state index is -0.251. The van der Waals surface area contributed by atoms with Gasteiger partial charge < -0.3 is 15.0 Å². The number of hydrogen-bond donors (Lipinski definition) is 1. The topological polar surface area (TPSA) is 24.5 Å². The molecule has 1 fully saturated rings. The number of halogens is 1. The van der Waals surface area contributed by atoms with Gasteiger partial charge in [0.1, 0.15) is 6.10 Å². The number of rotatable bonds is 2. The summed E-state index contributed by atoms with van der Waals surface area (Å²) in [4.78, 5) is 2.29. The van der Waals surface area contributed by atoms with Gasteiger partial charge in [-0.3, -0.25) is 0 Å². The van der Waals surface area contributed by atoms with Gasteiger partial charge in [0.05, 0.1) is 12.2 Å². The molecular weight excluding hydrogens is 243 g/mol. The van der Waals surface area contributed by atoms with E-state index in [4.69, 9.17) is 4.74 Å². The van der Waals surface area contributed by atoms with Gasteiger partial charge >= 0.3 is 0 Å². The molecule has 104 valence electrons. The summed E-state index contributed by atoms with van der Waals surface area (Å²) in [5.41, 5.74) is 0.914. The predicted octanol–water partition coefficient (Wildman–Crippen LogP) is 2.41. The van der Waals surface area contributed by atoms with E-state index < -0.39 is 0 Å². The first kappa shape index (κ1) is 12.7. The third-order valence-electron chi connectivity index (χ3n) is 4.02. The fraction of sp³-hybridized carbons (Fsp3) is 0.600. The number of benzene rings is 1. The molecule has 0 aromatic heterocycles. The first-order chi connectivity index (χ1) is 9.24. The fourth-order valence-electron chi connectivity index (χ4n) is 3.06. The molecule has 3 rings (SSSR count). The van der Waals surface area contributed by atoms with E-state index in [0.29, 0.717) is 11.7 Å². The molecule has 2 aliphatic rings. The number of ether oxygens (including phenoxy) is 1. The van der Waals surface area contributed by atoms with Crippen molar-refractivity contribution < 1.29 is 9.13 Å². The van der Waals surface area contributed by atoms with E-state index in [-0.39, 0.29) is 11.9 Å². The molecule has 3 nitrogen and oxygen atoms in total. The van der Waals surface area contributed by atoms with Crippen LogP contribution >= 0.6 is 0 Å². The van der Waals surface area contributed by atoms with Crippen molar-refractivity contribution in [1.29, 1.82) is 0 Å². The van der Waals surface area contributed by atoms with E-state index in [2.05, 4.69) is 10.2 Å². The molecule has 2 aliphatic heterocycles. The highest BCUT2D eigenvalue weighted by molar-refractivity contribution is 5.60. The third-order valence-corrected chi connectivity index (χ3v) is 4.02. The van der Waals surface area contributed by atoms with Crippen molar-refractivity contribution in [2.75, 3.05) is 31.1 Å². The van der Waals surface area contributed by atoms with Crippen molar-refractivity contribution in [2.24, 2.45) is 5.92 Å². The molecule has 1 N–H and O–H groups in total. The molecule has 0 amide bonds. The van der Waals surface area contributed by atoms with Crippen LogP contribution in [0.3, 0.4) is 0 Å². The Morgan fingerprint density at radius 1 is 1.37 bits per heavy atom. The van der Waals surface area contributed by atoms with Crippen LogP contribution < -0.4 is 15.0 Å². The minimum absolute atomic E-state index is 0.0473. The molecule has 1 aromatic rings. The molecule has 0 bridgehead atoms. The zero-order valence-electron chi connectivity index (χ0n) is 11.4. The molecule has 1 unspecified atom stereocenters. The second-order valence-electron chi connectivity index (χ2n) is 5.61. The molecule has 0 spiro atoms. The summed E-state index contributed by atoms with van der Waals surface area (Å²) >= 11 is 0. The summed E-state index contributed by atoms with van der Waals surface area (Å²) in [6.45, 7) is 6.05. The second-order valence-corrected chi connectivity index (χ2v) is 5.61. The predicted molar refractivity (Wildman–Crippen MR) is 74.3 cm³/mol. The van der Waals surface area contributed by atoms with Crippen LogP contribution in [-0.4, -0.2) is 32.3 Å². The number of para-hydroxylation sites is 1. The molecule has 0 radical (unpaired) electrons. The Balaban J connectivity index is 1.80. The Morgan fingerprint density at radius 3 is 2.95 bits per heavy atom. The Hall–Kier alpha value is -1.29. The summed E-state index contributed by atoms with van der Waals surface area (Å²) in [7, 11) is 0. The summed E-state index contributed by atoms with van der Waals surface area (Å²) in [6, 6.07) is 5.20. The number of hydrogen-bond acceptors (Lipinski definition) is 3. The van der Waals surface area contributed by atoms with Crippen LogP contribution in [0.2, 0.25) is 0 Å². The van der Waals surface area contributed by atoms with Gasteiger partial charge in [-0.1, -0.05) is 6.07 Å². The van der Waals surface area contributed by atoms with E-state index >= 15 is 0 Å². The lowest BCUT2D eigenvalue weighted by molar-refractivity contribution is 0.198. The molecule has 4 heteroatoms. The maximum Gasteiger partial charge on any atom is 0.178 e. The van der Waals surface area contributed by atoms with Gasteiger partial charge in [0.25, 0.3) is 0 Å². The third kappa shape index (κ3) is 2.68. The molecule has 19 heavy (non-hydrogen) atoms. The van der Waals surface area contributed by atoms with Crippen molar-refractivity contribution in [3.8, 4) is 5.75 Å². The molecule has 0 aliphatic carbocycles. The SMILES string of the molecule is CC1CN(CC2CCNCC2)c2cccc(F)c2O1. The number of nitrogens with zero attached hydrogens (tertiary/aromatic N) is 1. The van der Waals surface area contributed by atoms with Crippen LogP contribution in [0.5, 0.6) is 5.75 Å². The Kier molecular flexibility index (Phi) is 3.60. The molecule has 1 saturated heterocycles. The van der Waals surface area contributed by atoms with Crippen LogP contribution in [-0.2, 0) is 0 Å². The van der Waals surface area contributed by atoms with Crippen LogP contribution in [0.15, 0.2) is 18.2 Å². The highest BCUT2D eigenvalue weighted by Crippen LogP contribution is 2.36. The van der Waals surface area contributed by atoms with Crippen LogP contribution in [0, 0.1) is 11.7 Å². The summed E-state index contributed by atoms with van der Waals surface area (Å²) in [5, 5.41) is 3.39. The van der Waals surface area contributed by atoms with Crippen molar-refractivity contribution in [1.82, 2.24) is 5.32 Å². The van der Waals surface area contributed by atoms with Crippen molar-refractivity contribution in [3.05, 3.63) is 24.0 Å². The first-order valence-electron chi connectivity index (χ1n) is 7.15. The first-order valence-corrected chi connectivity index (χ1v) is 7.15. The van der Waals surface area contributed by atoms with Gasteiger partial charge in [0.2, 0.25) is 0 Å². The standard InChI is InChI=1S/C15H21FN2O/c1-11-9-18(10-12-5-7-17-8-6-12)14-4-2-3-13(16)15(14)19-11/h2-4,11-12,17H,5-10H2,1H3. The van der Waals surface area contributed by atoms with E-state index in [1.807, 2.05) is 13.0 Å². The molecular formula is C15H21FN2O. The maximum atomic E-state index is 13.8. The molecule has 2 heterocycles. The van der Waals surface area contributed by atoms with Gasteiger partial charge in [-0.2, -0.15) is 0 Å². The molecule has 0 saturated carbocycles. The minimum Gasteiger partial charge on any atom is -0.484 e. The van der Waals surface area contributed by atoms with Gasteiger partial charge in [0.15, 0.2) is 11.6 Å². The Bertz CT molecular complexity index is 446. The average molecular weight is 264 g/mol. The normalized spacial score (nSPS) is 23.9. The highest BCUT2D eigenvalue weighted by atomic mass is 19.1. The quantitative estimate of drug-likeness (QED) is 0.888. The Labute approximate surface area is 113 Å². The van der Waals surface area contributed by atoms with E-state index in [1.54, 1.807) is 6.07 Å².